The number of benzene rings is 2. The van der Waals surface area contributed by atoms with Crippen LogP contribution in [0, 0.1) is 5.92 Å². The molecule has 0 radical (unpaired) electrons. The Morgan fingerprint density at radius 2 is 1.91 bits per heavy atom. The topological polar surface area (TPSA) is 85.1 Å². The van der Waals surface area contributed by atoms with E-state index in [1.165, 1.54) is 16.9 Å². The lowest BCUT2D eigenvalue weighted by molar-refractivity contribution is 0.1000. The fourth-order valence-electron chi connectivity index (χ4n) is 4.69. The number of carbonyl (C=O) groups is 2. The van der Waals surface area contributed by atoms with E-state index in [9.17, 15) is 9.59 Å². The van der Waals surface area contributed by atoms with Crippen molar-refractivity contribution in [2.45, 2.75) is 39.5 Å². The Balaban J connectivity index is 1.57. The van der Waals surface area contributed by atoms with Gasteiger partial charge in [-0.15, -0.1) is 11.3 Å². The van der Waals surface area contributed by atoms with Gasteiger partial charge in [-0.3, -0.25) is 9.59 Å². The maximum Gasteiger partial charge on any atom is 0.257 e. The molecule has 5 nitrogen and oxygen atoms in total. The molecule has 4 aromatic rings. The number of rotatable bonds is 5. The molecule has 2 heterocycles. The highest BCUT2D eigenvalue weighted by Crippen LogP contribution is 2.40. The van der Waals surface area contributed by atoms with Crippen LogP contribution >= 0.6 is 11.3 Å². The monoisotopic (exact) mass is 469 g/mol. The number of hydrogen-bond donors (Lipinski definition) is 2. The van der Waals surface area contributed by atoms with Gasteiger partial charge in [0, 0.05) is 15.8 Å². The summed E-state index contributed by atoms with van der Waals surface area (Å²) in [5.41, 5.74) is 11.4. The number of aromatic nitrogens is 1. The lowest BCUT2D eigenvalue weighted by Crippen LogP contribution is -2.19. The molecule has 2 aromatic heterocycles. The number of para-hydroxylation sites is 1. The van der Waals surface area contributed by atoms with Gasteiger partial charge < -0.3 is 11.1 Å². The van der Waals surface area contributed by atoms with Gasteiger partial charge in [-0.1, -0.05) is 56.3 Å². The number of primary amides is 1. The molecule has 34 heavy (non-hydrogen) atoms. The predicted octanol–water partition coefficient (Wildman–Crippen LogP) is 6.00. The fourth-order valence-corrected chi connectivity index (χ4v) is 6.10. The average molecular weight is 470 g/mol. The van der Waals surface area contributed by atoms with E-state index in [1.807, 2.05) is 42.5 Å². The number of nitrogens with two attached hydrogens (primary N) is 1. The third-order valence-electron chi connectivity index (χ3n) is 6.60. The first-order chi connectivity index (χ1) is 16.4. The summed E-state index contributed by atoms with van der Waals surface area (Å²) in [6.45, 7) is 4.33. The standard InChI is InChI=1S/C28H27N3O2S/c1-3-17-9-11-18(12-10-17)23-15-21(19-6-4-5-7-22(19)30-23)27(33)31-28-25(26(29)32)20-13-8-16(2)14-24(20)34-28/h4-7,9-12,15-16H,3,8,13-14H2,1-2H3,(H2,29,32)(H,31,33). The van der Waals surface area contributed by atoms with Gasteiger partial charge in [0.05, 0.1) is 22.3 Å². The lowest BCUT2D eigenvalue weighted by Gasteiger charge is -2.18. The van der Waals surface area contributed by atoms with Crippen molar-refractivity contribution in [1.82, 2.24) is 4.98 Å². The fraction of sp³-hybridized carbons (Fsp3) is 0.250. The molecule has 5 rings (SSSR count). The minimum absolute atomic E-state index is 0.265. The number of hydrogen-bond acceptors (Lipinski definition) is 4. The van der Waals surface area contributed by atoms with Crippen LogP contribution < -0.4 is 11.1 Å². The Labute approximate surface area is 203 Å². The van der Waals surface area contributed by atoms with Crippen molar-refractivity contribution >= 4 is 39.1 Å². The van der Waals surface area contributed by atoms with E-state index in [0.717, 1.165) is 58.3 Å². The van der Waals surface area contributed by atoms with E-state index in [2.05, 4.69) is 31.3 Å². The number of pyridine rings is 1. The van der Waals surface area contributed by atoms with Gasteiger partial charge >= 0.3 is 0 Å². The molecule has 1 aliphatic rings. The first-order valence-electron chi connectivity index (χ1n) is 11.7. The van der Waals surface area contributed by atoms with Crippen LogP contribution in [0.5, 0.6) is 0 Å². The van der Waals surface area contributed by atoms with Gasteiger partial charge in [-0.05, 0) is 54.9 Å². The summed E-state index contributed by atoms with van der Waals surface area (Å²) < 4.78 is 0. The number of carbonyl (C=O) groups excluding carboxylic acids is 2. The minimum Gasteiger partial charge on any atom is -0.365 e. The summed E-state index contributed by atoms with van der Waals surface area (Å²) in [5, 5.41) is 4.34. The van der Waals surface area contributed by atoms with Crippen LogP contribution in [0.15, 0.2) is 54.6 Å². The van der Waals surface area contributed by atoms with E-state index in [4.69, 9.17) is 10.7 Å². The van der Waals surface area contributed by atoms with E-state index in [1.54, 1.807) is 0 Å². The van der Waals surface area contributed by atoms with Crippen molar-refractivity contribution in [3.63, 3.8) is 0 Å². The quantitative estimate of drug-likeness (QED) is 0.376. The summed E-state index contributed by atoms with van der Waals surface area (Å²) in [6.07, 6.45) is 3.71. The van der Waals surface area contributed by atoms with Gasteiger partial charge in [-0.2, -0.15) is 0 Å². The molecule has 1 atom stereocenters. The molecule has 0 saturated carbocycles. The summed E-state index contributed by atoms with van der Waals surface area (Å²) in [7, 11) is 0. The Hall–Kier alpha value is -3.51. The molecule has 6 heteroatoms. The largest absolute Gasteiger partial charge is 0.365 e. The van der Waals surface area contributed by atoms with Gasteiger partial charge in [0.2, 0.25) is 0 Å². The number of thiophene rings is 1. The first kappa shape index (κ1) is 22.3. The van der Waals surface area contributed by atoms with Crippen LogP contribution in [0.2, 0.25) is 0 Å². The van der Waals surface area contributed by atoms with E-state index in [0.29, 0.717) is 22.0 Å². The minimum atomic E-state index is -0.487. The van der Waals surface area contributed by atoms with Crippen molar-refractivity contribution in [2.75, 3.05) is 5.32 Å². The number of aryl methyl sites for hydroxylation is 1. The summed E-state index contributed by atoms with van der Waals surface area (Å²) in [5.74, 6) is -0.195. The SMILES string of the molecule is CCc1ccc(-c2cc(C(=O)Nc3sc4c(c3C(N)=O)CCC(C)C4)c3ccccc3n2)cc1. The first-order valence-corrected chi connectivity index (χ1v) is 12.5. The highest BCUT2D eigenvalue weighted by Gasteiger charge is 2.28. The lowest BCUT2D eigenvalue weighted by atomic mass is 9.88. The molecule has 0 bridgehead atoms. The normalized spacial score (nSPS) is 15.2. The van der Waals surface area contributed by atoms with Crippen molar-refractivity contribution < 1.29 is 9.59 Å². The molecule has 0 saturated heterocycles. The van der Waals surface area contributed by atoms with E-state index >= 15 is 0 Å². The molecule has 1 unspecified atom stereocenters. The van der Waals surface area contributed by atoms with Crippen LogP contribution in [-0.2, 0) is 19.3 Å². The van der Waals surface area contributed by atoms with Crippen LogP contribution in [0.1, 0.15) is 57.0 Å². The second-order valence-corrected chi connectivity index (χ2v) is 10.1. The smallest absolute Gasteiger partial charge is 0.257 e. The molecule has 2 amide bonds. The highest BCUT2D eigenvalue weighted by molar-refractivity contribution is 7.17. The molecular weight excluding hydrogens is 442 g/mol. The average Bonchev–Trinajstić information content (AvgIpc) is 3.20. The highest BCUT2D eigenvalue weighted by atomic mass is 32.1. The summed E-state index contributed by atoms with van der Waals surface area (Å²) in [4.78, 5) is 31.9. The zero-order valence-electron chi connectivity index (χ0n) is 19.4. The van der Waals surface area contributed by atoms with E-state index in [-0.39, 0.29) is 5.91 Å². The second kappa shape index (κ2) is 9.03. The second-order valence-electron chi connectivity index (χ2n) is 9.00. The van der Waals surface area contributed by atoms with Gasteiger partial charge in [0.25, 0.3) is 11.8 Å². The van der Waals surface area contributed by atoms with Gasteiger partial charge in [0.15, 0.2) is 0 Å². The predicted molar refractivity (Wildman–Crippen MR) is 139 cm³/mol. The Kier molecular flexibility index (Phi) is 5.92. The number of nitrogens with zero attached hydrogens (tertiary/aromatic N) is 1. The molecule has 1 aliphatic carbocycles. The molecule has 0 spiro atoms. The molecular formula is C28H27N3O2S. The maximum atomic E-state index is 13.6. The van der Waals surface area contributed by atoms with Crippen molar-refractivity contribution in [3.05, 3.63) is 81.7 Å². The molecule has 0 fully saturated rings. The number of amides is 2. The maximum absolute atomic E-state index is 13.6. The number of nitrogens with one attached hydrogen (secondary N) is 1. The Morgan fingerprint density at radius 3 is 2.65 bits per heavy atom. The number of fused-ring (bicyclic) bond motifs is 2. The Morgan fingerprint density at radius 1 is 1.15 bits per heavy atom. The van der Waals surface area contributed by atoms with Crippen molar-refractivity contribution in [2.24, 2.45) is 11.7 Å². The van der Waals surface area contributed by atoms with Crippen LogP contribution in [0.3, 0.4) is 0 Å². The molecule has 3 N–H and O–H groups in total. The molecule has 0 aliphatic heterocycles. The van der Waals surface area contributed by atoms with Gasteiger partial charge in [-0.25, -0.2) is 4.98 Å². The Bertz CT molecular complexity index is 1410. The van der Waals surface area contributed by atoms with Crippen LogP contribution in [0.25, 0.3) is 22.2 Å². The van der Waals surface area contributed by atoms with Crippen LogP contribution in [-0.4, -0.2) is 16.8 Å². The molecule has 2 aromatic carbocycles. The molecule has 172 valence electrons. The third kappa shape index (κ3) is 4.10. The third-order valence-corrected chi connectivity index (χ3v) is 7.77. The van der Waals surface area contributed by atoms with Crippen molar-refractivity contribution in [3.8, 4) is 11.3 Å². The van der Waals surface area contributed by atoms with Gasteiger partial charge in [0.1, 0.15) is 5.00 Å². The summed E-state index contributed by atoms with van der Waals surface area (Å²) in [6, 6.07) is 17.7. The summed E-state index contributed by atoms with van der Waals surface area (Å²) >= 11 is 1.48. The zero-order chi connectivity index (χ0) is 23.8. The zero-order valence-corrected chi connectivity index (χ0v) is 20.2. The van der Waals surface area contributed by atoms with Crippen molar-refractivity contribution in [1.29, 1.82) is 0 Å². The van der Waals surface area contributed by atoms with E-state index < -0.39 is 5.91 Å². The van der Waals surface area contributed by atoms with Crippen LogP contribution in [0.4, 0.5) is 5.00 Å². The number of anilines is 1.